The number of hydrogen-bond acceptors (Lipinski definition) is 2. The lowest BCUT2D eigenvalue weighted by Crippen LogP contribution is -2.42. The summed E-state index contributed by atoms with van der Waals surface area (Å²) in [6.45, 7) is 1.70. The van der Waals surface area contributed by atoms with E-state index in [1.54, 1.807) is 0 Å². The third-order valence-corrected chi connectivity index (χ3v) is 4.47. The fraction of sp³-hybridized carbons (Fsp3) is 0.500. The molecule has 1 aliphatic heterocycles. The smallest absolute Gasteiger partial charge is 0.317 e. The van der Waals surface area contributed by atoms with Crippen LogP contribution in [0.5, 0.6) is 0 Å². The van der Waals surface area contributed by atoms with Crippen molar-refractivity contribution in [2.75, 3.05) is 25.0 Å². The summed E-state index contributed by atoms with van der Waals surface area (Å²) in [5.74, 6) is 1.15. The van der Waals surface area contributed by atoms with Gasteiger partial charge in [0, 0.05) is 18.8 Å². The molecular weight excluding hydrogens is 266 g/mol. The minimum absolute atomic E-state index is 0.0135. The van der Waals surface area contributed by atoms with E-state index in [-0.39, 0.29) is 18.5 Å². The van der Waals surface area contributed by atoms with Gasteiger partial charge in [-0.1, -0.05) is 24.6 Å². The number of para-hydroxylation sites is 1. The van der Waals surface area contributed by atoms with Gasteiger partial charge in [0.05, 0.1) is 6.54 Å². The number of carbonyl (C=O) groups excluding carboxylic acids is 2. The molecular formula is C16H21N3O2. The summed E-state index contributed by atoms with van der Waals surface area (Å²) in [6.07, 6.45) is 3.77. The summed E-state index contributed by atoms with van der Waals surface area (Å²) in [7, 11) is 0. The lowest BCUT2D eigenvalue weighted by atomic mass is 10.0. The molecule has 5 heteroatoms. The van der Waals surface area contributed by atoms with Crippen LogP contribution in [-0.4, -0.2) is 36.5 Å². The van der Waals surface area contributed by atoms with Gasteiger partial charge in [-0.3, -0.25) is 4.79 Å². The van der Waals surface area contributed by atoms with Gasteiger partial charge in [-0.2, -0.15) is 0 Å². The van der Waals surface area contributed by atoms with E-state index in [9.17, 15) is 9.59 Å². The van der Waals surface area contributed by atoms with Gasteiger partial charge >= 0.3 is 6.03 Å². The van der Waals surface area contributed by atoms with Crippen molar-refractivity contribution in [3.05, 3.63) is 30.3 Å². The molecule has 5 nitrogen and oxygen atoms in total. The molecule has 2 unspecified atom stereocenters. The first-order valence-electron chi connectivity index (χ1n) is 7.60. The molecule has 2 N–H and O–H groups in total. The predicted molar refractivity (Wildman–Crippen MR) is 80.9 cm³/mol. The van der Waals surface area contributed by atoms with Gasteiger partial charge < -0.3 is 15.5 Å². The highest BCUT2D eigenvalue weighted by Crippen LogP contribution is 2.37. The Balaban J connectivity index is 1.42. The van der Waals surface area contributed by atoms with Gasteiger partial charge in [-0.15, -0.1) is 0 Å². The van der Waals surface area contributed by atoms with Crippen LogP contribution in [-0.2, 0) is 4.79 Å². The minimum Gasteiger partial charge on any atom is -0.329 e. The zero-order chi connectivity index (χ0) is 14.7. The normalized spacial score (nSPS) is 23.7. The maximum absolute atomic E-state index is 12.1. The van der Waals surface area contributed by atoms with Gasteiger partial charge in [-0.25, -0.2) is 4.79 Å². The molecule has 2 aliphatic rings. The van der Waals surface area contributed by atoms with E-state index in [1.807, 2.05) is 35.2 Å². The maximum Gasteiger partial charge on any atom is 0.317 e. The number of nitrogens with zero attached hydrogens (tertiary/aromatic N) is 1. The molecule has 1 heterocycles. The molecule has 3 amide bonds. The number of nitrogens with one attached hydrogen (secondary N) is 2. The maximum atomic E-state index is 12.1. The third kappa shape index (κ3) is 3.35. The number of rotatable bonds is 3. The number of anilines is 1. The van der Waals surface area contributed by atoms with Gasteiger partial charge in [0.15, 0.2) is 0 Å². The van der Waals surface area contributed by atoms with Crippen LogP contribution in [0, 0.1) is 11.8 Å². The number of urea groups is 1. The number of fused-ring (bicyclic) bond motifs is 1. The van der Waals surface area contributed by atoms with Crippen molar-refractivity contribution in [2.24, 2.45) is 11.8 Å². The third-order valence-electron chi connectivity index (χ3n) is 4.47. The molecule has 2 fully saturated rings. The first-order chi connectivity index (χ1) is 10.2. The van der Waals surface area contributed by atoms with Crippen LogP contribution in [0.3, 0.4) is 0 Å². The van der Waals surface area contributed by atoms with Crippen LogP contribution in [0.25, 0.3) is 0 Å². The van der Waals surface area contributed by atoms with E-state index in [1.165, 1.54) is 19.3 Å². The highest BCUT2D eigenvalue weighted by molar-refractivity contribution is 5.94. The second-order valence-corrected chi connectivity index (χ2v) is 5.93. The minimum atomic E-state index is -0.200. The quantitative estimate of drug-likeness (QED) is 0.894. The predicted octanol–water partition coefficient (Wildman–Crippen LogP) is 2.07. The van der Waals surface area contributed by atoms with Crippen molar-refractivity contribution in [2.45, 2.75) is 19.3 Å². The second-order valence-electron chi connectivity index (χ2n) is 5.93. The van der Waals surface area contributed by atoms with Crippen LogP contribution in [0.1, 0.15) is 19.3 Å². The summed E-state index contributed by atoms with van der Waals surface area (Å²) >= 11 is 0. The van der Waals surface area contributed by atoms with Gasteiger partial charge in [-0.05, 0) is 36.8 Å². The van der Waals surface area contributed by atoms with Gasteiger partial charge in [0.1, 0.15) is 0 Å². The first-order valence-corrected chi connectivity index (χ1v) is 7.60. The van der Waals surface area contributed by atoms with Crippen molar-refractivity contribution in [3.8, 4) is 0 Å². The average molecular weight is 287 g/mol. The molecule has 1 aromatic carbocycles. The Labute approximate surface area is 124 Å². The fourth-order valence-corrected chi connectivity index (χ4v) is 3.40. The highest BCUT2D eigenvalue weighted by atomic mass is 16.2. The molecule has 2 atom stereocenters. The molecule has 0 radical (unpaired) electrons. The molecule has 1 aromatic rings. The van der Waals surface area contributed by atoms with E-state index in [4.69, 9.17) is 0 Å². The summed E-state index contributed by atoms with van der Waals surface area (Å²) in [5, 5.41) is 5.46. The monoisotopic (exact) mass is 287 g/mol. The van der Waals surface area contributed by atoms with Crippen molar-refractivity contribution in [1.29, 1.82) is 0 Å². The van der Waals surface area contributed by atoms with E-state index in [0.29, 0.717) is 11.8 Å². The Morgan fingerprint density at radius 1 is 1.10 bits per heavy atom. The summed E-state index contributed by atoms with van der Waals surface area (Å²) in [6, 6.07) is 9.13. The van der Waals surface area contributed by atoms with E-state index >= 15 is 0 Å². The SMILES string of the molecule is O=C(CNC(=O)N1CC2CCCC2C1)Nc1ccccc1. The molecule has 0 spiro atoms. The number of hydrogen-bond donors (Lipinski definition) is 2. The number of benzene rings is 1. The molecule has 112 valence electrons. The topological polar surface area (TPSA) is 61.4 Å². The zero-order valence-corrected chi connectivity index (χ0v) is 12.0. The number of likely N-dealkylation sites (tertiary alicyclic amines) is 1. The Bertz CT molecular complexity index is 506. The molecule has 0 bridgehead atoms. The van der Waals surface area contributed by atoms with Crippen LogP contribution in [0.4, 0.5) is 10.5 Å². The molecule has 21 heavy (non-hydrogen) atoms. The number of amides is 3. The van der Waals surface area contributed by atoms with E-state index in [0.717, 1.165) is 18.8 Å². The zero-order valence-electron chi connectivity index (χ0n) is 12.0. The van der Waals surface area contributed by atoms with Crippen molar-refractivity contribution < 1.29 is 9.59 Å². The fourth-order valence-electron chi connectivity index (χ4n) is 3.40. The van der Waals surface area contributed by atoms with E-state index < -0.39 is 0 Å². The molecule has 1 aliphatic carbocycles. The van der Waals surface area contributed by atoms with Gasteiger partial charge in [0.25, 0.3) is 0 Å². The van der Waals surface area contributed by atoms with Crippen molar-refractivity contribution in [3.63, 3.8) is 0 Å². The molecule has 1 saturated carbocycles. The molecule has 0 aromatic heterocycles. The summed E-state index contributed by atoms with van der Waals surface area (Å²) in [5.41, 5.74) is 0.743. The lowest BCUT2D eigenvalue weighted by Gasteiger charge is -2.17. The van der Waals surface area contributed by atoms with Crippen LogP contribution in [0.2, 0.25) is 0 Å². The van der Waals surface area contributed by atoms with Crippen molar-refractivity contribution in [1.82, 2.24) is 10.2 Å². The molecule has 3 rings (SSSR count). The Morgan fingerprint density at radius 3 is 2.43 bits per heavy atom. The number of carbonyl (C=O) groups is 2. The van der Waals surface area contributed by atoms with Crippen LogP contribution >= 0.6 is 0 Å². The summed E-state index contributed by atoms with van der Waals surface area (Å²) in [4.78, 5) is 25.7. The van der Waals surface area contributed by atoms with Crippen LogP contribution < -0.4 is 10.6 Å². The highest BCUT2D eigenvalue weighted by Gasteiger charge is 2.37. The standard InChI is InChI=1S/C16H21N3O2/c20-15(18-14-7-2-1-3-8-14)9-17-16(21)19-10-12-5-4-6-13(12)11-19/h1-3,7-8,12-13H,4-6,9-11H2,(H,17,21)(H,18,20). The lowest BCUT2D eigenvalue weighted by molar-refractivity contribution is -0.115. The Kier molecular flexibility index (Phi) is 4.08. The first kappa shape index (κ1) is 13.9. The average Bonchev–Trinajstić information content (AvgIpc) is 3.07. The van der Waals surface area contributed by atoms with Crippen LogP contribution in [0.15, 0.2) is 30.3 Å². The van der Waals surface area contributed by atoms with Gasteiger partial charge in [0.2, 0.25) is 5.91 Å². The van der Waals surface area contributed by atoms with E-state index in [2.05, 4.69) is 10.6 Å². The second kappa shape index (κ2) is 6.16. The summed E-state index contributed by atoms with van der Waals surface area (Å²) < 4.78 is 0. The largest absolute Gasteiger partial charge is 0.329 e. The molecule has 1 saturated heterocycles. The Morgan fingerprint density at radius 2 is 1.76 bits per heavy atom. The van der Waals surface area contributed by atoms with Crippen molar-refractivity contribution >= 4 is 17.6 Å². The Hall–Kier alpha value is -2.04.